The van der Waals surface area contributed by atoms with Crippen LogP contribution in [0, 0.1) is 23.7 Å². The fraction of sp³-hybridized carbons (Fsp3) is 0.385. The first kappa shape index (κ1) is 20.9. The molecule has 3 rings (SSSR count). The number of carbonyl (C=O) groups is 2. The number of rotatable bonds is 7. The number of carbonyl (C=O) groups excluding carboxylic acids is 2. The molecule has 1 atom stereocenters. The number of Topliss-reactive ketones (excluding diaryl/α,β-unsaturated/α-hetero) is 1. The second kappa shape index (κ2) is 10.6. The van der Waals surface area contributed by atoms with Gasteiger partial charge in [-0.25, -0.2) is 0 Å². The smallest absolute Gasteiger partial charge is 0.306 e. The van der Waals surface area contributed by atoms with Crippen LogP contribution in [0.2, 0.25) is 0 Å². The molecular weight excluding hydrogens is 360 g/mol. The van der Waals surface area contributed by atoms with Gasteiger partial charge >= 0.3 is 5.97 Å². The van der Waals surface area contributed by atoms with Crippen LogP contribution in [0.15, 0.2) is 54.6 Å². The Hall–Kier alpha value is -2.86. The van der Waals surface area contributed by atoms with Crippen molar-refractivity contribution in [2.24, 2.45) is 11.8 Å². The van der Waals surface area contributed by atoms with E-state index in [4.69, 9.17) is 4.74 Å². The first-order chi connectivity index (χ1) is 14.2. The van der Waals surface area contributed by atoms with Crippen molar-refractivity contribution in [3.05, 3.63) is 71.3 Å². The van der Waals surface area contributed by atoms with E-state index in [1.54, 1.807) is 6.92 Å². The van der Waals surface area contributed by atoms with Gasteiger partial charge in [-0.2, -0.15) is 0 Å². The molecule has 1 fully saturated rings. The molecule has 1 unspecified atom stereocenters. The molecule has 1 aliphatic carbocycles. The number of hydrogen-bond donors (Lipinski definition) is 0. The molecule has 0 aromatic heterocycles. The van der Waals surface area contributed by atoms with Crippen molar-refractivity contribution in [1.82, 2.24) is 0 Å². The molecule has 3 heteroatoms. The predicted molar refractivity (Wildman–Crippen MR) is 115 cm³/mol. The highest BCUT2D eigenvalue weighted by Gasteiger charge is 2.28. The second-order valence-electron chi connectivity index (χ2n) is 7.65. The minimum Gasteiger partial charge on any atom is -0.466 e. The monoisotopic (exact) mass is 388 g/mol. The van der Waals surface area contributed by atoms with E-state index in [0.29, 0.717) is 18.1 Å². The van der Waals surface area contributed by atoms with Crippen LogP contribution >= 0.6 is 0 Å². The van der Waals surface area contributed by atoms with Crippen LogP contribution in [0.25, 0.3) is 0 Å². The first-order valence-corrected chi connectivity index (χ1v) is 10.5. The summed E-state index contributed by atoms with van der Waals surface area (Å²) < 4.78 is 5.11. The van der Waals surface area contributed by atoms with Gasteiger partial charge in [0.2, 0.25) is 0 Å². The topological polar surface area (TPSA) is 43.4 Å². The summed E-state index contributed by atoms with van der Waals surface area (Å²) in [6.45, 7) is 2.14. The molecule has 3 nitrogen and oxygen atoms in total. The molecule has 0 amide bonds. The van der Waals surface area contributed by atoms with Crippen molar-refractivity contribution < 1.29 is 14.3 Å². The first-order valence-electron chi connectivity index (χ1n) is 10.5. The van der Waals surface area contributed by atoms with Gasteiger partial charge in [0.1, 0.15) is 0 Å². The third kappa shape index (κ3) is 6.32. The number of esters is 1. The largest absolute Gasteiger partial charge is 0.466 e. The molecule has 1 aliphatic rings. The van der Waals surface area contributed by atoms with Gasteiger partial charge in [-0.05, 0) is 43.5 Å². The number of ketones is 1. The lowest BCUT2D eigenvalue weighted by Crippen LogP contribution is -2.22. The van der Waals surface area contributed by atoms with E-state index in [2.05, 4.69) is 11.8 Å². The highest BCUT2D eigenvalue weighted by molar-refractivity contribution is 5.99. The van der Waals surface area contributed by atoms with Crippen LogP contribution < -0.4 is 0 Å². The summed E-state index contributed by atoms with van der Waals surface area (Å²) in [6, 6.07) is 17.2. The molecule has 0 aliphatic heterocycles. The molecule has 29 heavy (non-hydrogen) atoms. The highest BCUT2D eigenvalue weighted by atomic mass is 16.5. The maximum absolute atomic E-state index is 13.1. The highest BCUT2D eigenvalue weighted by Crippen LogP contribution is 2.33. The molecule has 150 valence electrons. The summed E-state index contributed by atoms with van der Waals surface area (Å²) in [4.78, 5) is 25.2. The number of ether oxygens (including phenoxy) is 1. The quantitative estimate of drug-likeness (QED) is 0.361. The third-order valence-electron chi connectivity index (χ3n) is 5.48. The fourth-order valence-corrected chi connectivity index (χ4v) is 3.97. The van der Waals surface area contributed by atoms with E-state index in [1.807, 2.05) is 54.6 Å². The van der Waals surface area contributed by atoms with E-state index in [0.717, 1.165) is 30.4 Å². The molecule has 0 bridgehead atoms. The SMILES string of the molecule is CCOC(=O)CC(CC1CCCC1)C(=O)c1ccc(C#Cc2ccccc2)cc1. The summed E-state index contributed by atoms with van der Waals surface area (Å²) >= 11 is 0. The zero-order valence-corrected chi connectivity index (χ0v) is 17.0. The summed E-state index contributed by atoms with van der Waals surface area (Å²) in [5.74, 6) is 6.23. The maximum atomic E-state index is 13.1. The normalized spacial score (nSPS) is 14.7. The molecular formula is C26H28O3. The van der Waals surface area contributed by atoms with Gasteiger partial charge in [0.25, 0.3) is 0 Å². The average Bonchev–Trinajstić information content (AvgIpc) is 3.26. The molecule has 1 saturated carbocycles. The molecule has 0 heterocycles. The Morgan fingerprint density at radius 1 is 0.966 bits per heavy atom. The van der Waals surface area contributed by atoms with Crippen molar-refractivity contribution in [2.75, 3.05) is 6.61 Å². The van der Waals surface area contributed by atoms with Gasteiger partial charge < -0.3 is 4.74 Å². The van der Waals surface area contributed by atoms with Crippen molar-refractivity contribution >= 4 is 11.8 Å². The Labute approximate surface area is 173 Å². The van der Waals surface area contributed by atoms with E-state index >= 15 is 0 Å². The zero-order chi connectivity index (χ0) is 20.5. The van der Waals surface area contributed by atoms with Gasteiger partial charge in [-0.3, -0.25) is 9.59 Å². The standard InChI is InChI=1S/C26H28O3/c1-2-29-25(27)19-24(18-22-10-6-7-11-22)26(28)23-16-14-21(15-17-23)13-12-20-8-4-3-5-9-20/h3-5,8-9,14-17,22,24H,2,6-7,10-11,18-19H2,1H3. The van der Waals surface area contributed by atoms with E-state index in [9.17, 15) is 9.59 Å². The Morgan fingerprint density at radius 3 is 2.21 bits per heavy atom. The molecule has 0 spiro atoms. The van der Waals surface area contributed by atoms with Crippen LogP contribution in [0.5, 0.6) is 0 Å². The summed E-state index contributed by atoms with van der Waals surface area (Å²) in [6.07, 6.45) is 5.69. The predicted octanol–water partition coefficient (Wildman–Crippen LogP) is 5.42. The van der Waals surface area contributed by atoms with Crippen LogP contribution in [0.4, 0.5) is 0 Å². The number of hydrogen-bond acceptors (Lipinski definition) is 3. The van der Waals surface area contributed by atoms with Crippen LogP contribution in [-0.4, -0.2) is 18.4 Å². The molecule has 0 N–H and O–H groups in total. The van der Waals surface area contributed by atoms with E-state index in [-0.39, 0.29) is 24.1 Å². The lowest BCUT2D eigenvalue weighted by molar-refractivity contribution is -0.144. The van der Waals surface area contributed by atoms with Gasteiger partial charge in [0, 0.05) is 22.6 Å². The maximum Gasteiger partial charge on any atom is 0.306 e. The molecule has 2 aromatic carbocycles. The van der Waals surface area contributed by atoms with Gasteiger partial charge in [-0.1, -0.05) is 67.9 Å². The van der Waals surface area contributed by atoms with Crippen LogP contribution in [0.3, 0.4) is 0 Å². The van der Waals surface area contributed by atoms with E-state index < -0.39 is 0 Å². The summed E-state index contributed by atoms with van der Waals surface area (Å²) in [7, 11) is 0. The van der Waals surface area contributed by atoms with Crippen molar-refractivity contribution in [1.29, 1.82) is 0 Å². The average molecular weight is 389 g/mol. The Morgan fingerprint density at radius 2 is 1.59 bits per heavy atom. The van der Waals surface area contributed by atoms with Gasteiger partial charge in [0.15, 0.2) is 5.78 Å². The Kier molecular flexibility index (Phi) is 7.64. The zero-order valence-electron chi connectivity index (χ0n) is 17.0. The van der Waals surface area contributed by atoms with Gasteiger partial charge in [0.05, 0.1) is 13.0 Å². The second-order valence-corrected chi connectivity index (χ2v) is 7.65. The minimum atomic E-state index is -0.307. The molecule has 0 radical (unpaired) electrons. The molecule has 0 saturated heterocycles. The lowest BCUT2D eigenvalue weighted by Gasteiger charge is -2.19. The van der Waals surface area contributed by atoms with Crippen LogP contribution in [0.1, 0.15) is 66.9 Å². The van der Waals surface area contributed by atoms with Crippen molar-refractivity contribution in [3.63, 3.8) is 0 Å². The van der Waals surface area contributed by atoms with Crippen LogP contribution in [-0.2, 0) is 9.53 Å². The Balaban J connectivity index is 1.70. The van der Waals surface area contributed by atoms with Crippen molar-refractivity contribution in [3.8, 4) is 11.8 Å². The van der Waals surface area contributed by atoms with Crippen molar-refractivity contribution in [2.45, 2.75) is 45.4 Å². The van der Waals surface area contributed by atoms with E-state index in [1.165, 1.54) is 12.8 Å². The Bertz CT molecular complexity index is 866. The number of benzene rings is 2. The lowest BCUT2D eigenvalue weighted by atomic mass is 9.85. The minimum absolute atomic E-state index is 0.0347. The van der Waals surface area contributed by atoms with Gasteiger partial charge in [-0.15, -0.1) is 0 Å². The fourth-order valence-electron chi connectivity index (χ4n) is 3.97. The summed E-state index contributed by atoms with van der Waals surface area (Å²) in [5, 5.41) is 0. The molecule has 2 aromatic rings. The summed E-state index contributed by atoms with van der Waals surface area (Å²) in [5.41, 5.74) is 2.46. The third-order valence-corrected chi connectivity index (χ3v) is 5.48.